The molecule has 0 aliphatic carbocycles. The van der Waals surface area contributed by atoms with Gasteiger partial charge in [0.1, 0.15) is 11.8 Å². The van der Waals surface area contributed by atoms with Gasteiger partial charge in [-0.05, 0) is 25.8 Å². The van der Waals surface area contributed by atoms with Crippen LogP contribution >= 0.6 is 0 Å². The van der Waals surface area contributed by atoms with Crippen LogP contribution < -0.4 is 29.3 Å². The standard InChI is InChI=1S/C17H32N2O4.Li/c1-4-6-8-15(20)12-18-10-11-19(14(3)17(22)23)13-16(21)9-7-5-2;/h8-9,14,18,20-21H,4-7,10-13H2,1-3H3,(H,22,23);/q;+1/p-1/b15-8-,16-9-;. The summed E-state index contributed by atoms with van der Waals surface area (Å²) >= 11 is 0. The minimum atomic E-state index is -0.930. The zero-order valence-electron chi connectivity index (χ0n) is 15.5. The Morgan fingerprint density at radius 2 is 1.79 bits per heavy atom. The summed E-state index contributed by atoms with van der Waals surface area (Å²) in [5.74, 6) is -0.691. The third-order valence-corrected chi connectivity index (χ3v) is 3.47. The van der Waals surface area contributed by atoms with Crippen molar-refractivity contribution >= 4 is 5.97 Å². The van der Waals surface area contributed by atoms with Gasteiger partial charge in [-0.25, -0.2) is 0 Å². The van der Waals surface area contributed by atoms with Crippen molar-refractivity contribution in [3.63, 3.8) is 0 Å². The number of carboxylic acids is 1. The van der Waals surface area contributed by atoms with Crippen LogP contribution in [0, 0.1) is 0 Å². The fourth-order valence-corrected chi connectivity index (χ4v) is 1.96. The van der Waals surface area contributed by atoms with Crippen LogP contribution in [0.4, 0.5) is 0 Å². The van der Waals surface area contributed by atoms with Crippen LogP contribution in [0.5, 0.6) is 0 Å². The van der Waals surface area contributed by atoms with E-state index in [1.807, 2.05) is 13.8 Å². The van der Waals surface area contributed by atoms with Crippen LogP contribution in [0.25, 0.3) is 0 Å². The van der Waals surface area contributed by atoms with Gasteiger partial charge in [-0.1, -0.05) is 32.8 Å². The molecule has 0 bridgehead atoms. The molecule has 0 spiro atoms. The molecule has 0 aromatic rings. The van der Waals surface area contributed by atoms with E-state index < -0.39 is 12.0 Å². The number of nitrogens with one attached hydrogen (secondary N) is 1. The van der Waals surface area contributed by atoms with Crippen molar-refractivity contribution < 1.29 is 39.0 Å². The number of rotatable bonds is 13. The van der Waals surface area contributed by atoms with Crippen LogP contribution in [0.15, 0.2) is 23.7 Å². The van der Waals surface area contributed by atoms with E-state index in [0.717, 1.165) is 25.7 Å². The first-order valence-electron chi connectivity index (χ1n) is 8.33. The summed E-state index contributed by atoms with van der Waals surface area (Å²) in [4.78, 5) is 12.9. The number of carbonyl (C=O) groups is 1. The van der Waals surface area contributed by atoms with E-state index in [1.54, 1.807) is 24.0 Å². The molecule has 0 saturated carbocycles. The molecule has 0 aromatic carbocycles. The third kappa shape index (κ3) is 12.5. The van der Waals surface area contributed by atoms with Gasteiger partial charge in [-0.15, -0.1) is 5.76 Å². The van der Waals surface area contributed by atoms with E-state index in [9.17, 15) is 15.0 Å². The van der Waals surface area contributed by atoms with Gasteiger partial charge in [0, 0.05) is 19.6 Å². The predicted octanol–water partition coefficient (Wildman–Crippen LogP) is -1.36. The Balaban J connectivity index is 0. The largest absolute Gasteiger partial charge is 1.00 e. The molecule has 3 N–H and O–H groups in total. The van der Waals surface area contributed by atoms with Gasteiger partial charge in [0.15, 0.2) is 0 Å². The Labute approximate surface area is 157 Å². The second-order valence-corrected chi connectivity index (χ2v) is 5.60. The Morgan fingerprint density at radius 3 is 2.33 bits per heavy atom. The Kier molecular flexibility index (Phi) is 16.4. The van der Waals surface area contributed by atoms with Gasteiger partial charge in [0.25, 0.3) is 0 Å². The van der Waals surface area contributed by atoms with Gasteiger partial charge < -0.3 is 20.6 Å². The summed E-state index contributed by atoms with van der Waals surface area (Å²) in [5.41, 5.74) is 0. The van der Waals surface area contributed by atoms with E-state index in [2.05, 4.69) is 5.32 Å². The number of aliphatic hydroxyl groups is 1. The summed E-state index contributed by atoms with van der Waals surface area (Å²) in [6.45, 7) is 7.01. The van der Waals surface area contributed by atoms with Crippen molar-refractivity contribution in [2.45, 2.75) is 52.5 Å². The predicted molar refractivity (Wildman–Crippen MR) is 90.2 cm³/mol. The molecule has 0 saturated heterocycles. The maximum Gasteiger partial charge on any atom is 1.00 e. The summed E-state index contributed by atoms with van der Waals surface area (Å²) in [7, 11) is 0. The van der Waals surface area contributed by atoms with Gasteiger partial charge in [0.05, 0.1) is 6.54 Å². The van der Waals surface area contributed by atoms with Crippen LogP contribution in [0.3, 0.4) is 0 Å². The molecule has 7 heteroatoms. The van der Waals surface area contributed by atoms with Crippen LogP contribution in [-0.4, -0.2) is 53.3 Å². The van der Waals surface area contributed by atoms with Gasteiger partial charge in [-0.3, -0.25) is 9.69 Å². The zero-order valence-corrected chi connectivity index (χ0v) is 15.5. The SMILES string of the molecule is CCC/C=C(\[O-])CNCCN(C/C(O)=C/CCC)C(C)C(=O)O.[Li+]. The van der Waals surface area contributed by atoms with Crippen LogP contribution in [-0.2, 0) is 4.79 Å². The maximum atomic E-state index is 11.5. The van der Waals surface area contributed by atoms with Gasteiger partial charge >= 0.3 is 24.8 Å². The minimum Gasteiger partial charge on any atom is -0.875 e. The molecular formula is C17H31LiN2O4. The molecule has 0 amide bonds. The molecule has 0 aliphatic rings. The van der Waals surface area contributed by atoms with E-state index in [1.165, 1.54) is 0 Å². The van der Waals surface area contributed by atoms with E-state index in [0.29, 0.717) is 13.1 Å². The Morgan fingerprint density at radius 1 is 1.21 bits per heavy atom. The fraction of sp³-hybridized carbons (Fsp3) is 0.706. The van der Waals surface area contributed by atoms with Crippen molar-refractivity contribution in [2.24, 2.45) is 0 Å². The summed E-state index contributed by atoms with van der Waals surface area (Å²) in [6.07, 6.45) is 6.80. The fourth-order valence-electron chi connectivity index (χ4n) is 1.96. The first kappa shape index (κ1) is 25.3. The molecule has 134 valence electrons. The second-order valence-electron chi connectivity index (χ2n) is 5.60. The Hall–Kier alpha value is -0.933. The average Bonchev–Trinajstić information content (AvgIpc) is 2.52. The normalized spacial score (nSPS) is 13.7. The maximum absolute atomic E-state index is 11.5. The van der Waals surface area contributed by atoms with Gasteiger partial charge in [0.2, 0.25) is 0 Å². The van der Waals surface area contributed by atoms with Crippen molar-refractivity contribution in [2.75, 3.05) is 26.2 Å². The molecule has 1 unspecified atom stereocenters. The van der Waals surface area contributed by atoms with Crippen LogP contribution in [0.2, 0.25) is 0 Å². The average molecular weight is 334 g/mol. The molecule has 6 nitrogen and oxygen atoms in total. The molecule has 0 aromatic heterocycles. The number of carboxylic acid groups (broad SMARTS) is 1. The number of nitrogens with zero attached hydrogens (tertiary/aromatic N) is 1. The number of hydrogen-bond acceptors (Lipinski definition) is 5. The molecular weight excluding hydrogens is 303 g/mol. The second kappa shape index (κ2) is 15.6. The van der Waals surface area contributed by atoms with E-state index >= 15 is 0 Å². The molecule has 0 rings (SSSR count). The smallest absolute Gasteiger partial charge is 0.875 e. The number of allylic oxidation sites excluding steroid dienone is 2. The molecule has 1 atom stereocenters. The number of aliphatic hydroxyl groups excluding tert-OH is 1. The molecule has 24 heavy (non-hydrogen) atoms. The summed E-state index contributed by atoms with van der Waals surface area (Å²) in [6, 6.07) is -0.698. The van der Waals surface area contributed by atoms with Crippen molar-refractivity contribution in [1.29, 1.82) is 0 Å². The minimum absolute atomic E-state index is 0. The van der Waals surface area contributed by atoms with E-state index in [-0.39, 0.29) is 43.5 Å². The molecule has 0 radical (unpaired) electrons. The van der Waals surface area contributed by atoms with Gasteiger partial charge in [-0.2, -0.15) is 0 Å². The van der Waals surface area contributed by atoms with Crippen molar-refractivity contribution in [3.05, 3.63) is 23.7 Å². The zero-order chi connectivity index (χ0) is 17.7. The van der Waals surface area contributed by atoms with Crippen molar-refractivity contribution in [1.82, 2.24) is 10.2 Å². The molecule has 0 aliphatic heterocycles. The molecule has 0 fully saturated rings. The van der Waals surface area contributed by atoms with E-state index in [4.69, 9.17) is 5.11 Å². The van der Waals surface area contributed by atoms with Crippen molar-refractivity contribution in [3.8, 4) is 0 Å². The Bertz CT molecular complexity index is 400. The third-order valence-electron chi connectivity index (χ3n) is 3.47. The first-order valence-corrected chi connectivity index (χ1v) is 8.33. The summed E-state index contributed by atoms with van der Waals surface area (Å²) < 4.78 is 0. The number of unbranched alkanes of at least 4 members (excludes halogenated alkanes) is 2. The number of aliphatic carboxylic acids is 1. The number of hydrogen-bond donors (Lipinski definition) is 3. The molecule has 0 heterocycles. The summed E-state index contributed by atoms with van der Waals surface area (Å²) in [5, 5.41) is 33.6. The first-order chi connectivity index (χ1) is 10.9. The van der Waals surface area contributed by atoms with Crippen LogP contribution in [0.1, 0.15) is 46.5 Å². The monoisotopic (exact) mass is 334 g/mol. The topological polar surface area (TPSA) is 95.9 Å². The quantitative estimate of drug-likeness (QED) is 0.219.